The maximum absolute atomic E-state index is 12.1. The van der Waals surface area contributed by atoms with E-state index in [0.717, 1.165) is 29.0 Å². The molecule has 2 rings (SSSR count). The molecule has 1 aliphatic carbocycles. The average Bonchev–Trinajstić information content (AvgIpc) is 2.82. The SMILES string of the molecule is Cc1cc(S(=O)(=O)NCC2CCCC2O)c(C)s1. The number of aliphatic hydroxyl groups excluding tert-OH is 1. The maximum Gasteiger partial charge on any atom is 0.241 e. The number of hydrogen-bond acceptors (Lipinski definition) is 4. The monoisotopic (exact) mass is 289 g/mol. The molecule has 1 fully saturated rings. The van der Waals surface area contributed by atoms with Gasteiger partial charge in [0.1, 0.15) is 0 Å². The van der Waals surface area contributed by atoms with Crippen molar-refractivity contribution in [2.75, 3.05) is 6.54 Å². The molecular weight excluding hydrogens is 270 g/mol. The van der Waals surface area contributed by atoms with E-state index in [2.05, 4.69) is 4.72 Å². The van der Waals surface area contributed by atoms with E-state index in [4.69, 9.17) is 0 Å². The van der Waals surface area contributed by atoms with Gasteiger partial charge in [-0.25, -0.2) is 13.1 Å². The molecule has 2 unspecified atom stereocenters. The Kier molecular flexibility index (Phi) is 4.11. The van der Waals surface area contributed by atoms with E-state index in [-0.39, 0.29) is 12.0 Å². The molecule has 0 aliphatic heterocycles. The first-order valence-corrected chi connectivity index (χ1v) is 8.45. The number of aliphatic hydroxyl groups is 1. The highest BCUT2D eigenvalue weighted by atomic mass is 32.2. The minimum Gasteiger partial charge on any atom is -0.393 e. The lowest BCUT2D eigenvalue weighted by Crippen LogP contribution is -2.32. The third kappa shape index (κ3) is 2.93. The summed E-state index contributed by atoms with van der Waals surface area (Å²) in [5.41, 5.74) is 0. The summed E-state index contributed by atoms with van der Waals surface area (Å²) in [6.07, 6.45) is 2.29. The van der Waals surface area contributed by atoms with Gasteiger partial charge in [-0.1, -0.05) is 6.42 Å². The zero-order valence-electron chi connectivity index (χ0n) is 10.6. The Morgan fingerprint density at radius 2 is 2.17 bits per heavy atom. The highest BCUT2D eigenvalue weighted by molar-refractivity contribution is 7.89. The number of rotatable bonds is 4. The Morgan fingerprint density at radius 1 is 1.44 bits per heavy atom. The molecule has 18 heavy (non-hydrogen) atoms. The van der Waals surface area contributed by atoms with Crippen molar-refractivity contribution in [3.05, 3.63) is 15.8 Å². The van der Waals surface area contributed by atoms with Crippen LogP contribution in [0.15, 0.2) is 11.0 Å². The van der Waals surface area contributed by atoms with Gasteiger partial charge in [0.2, 0.25) is 10.0 Å². The Hall–Kier alpha value is -0.430. The van der Waals surface area contributed by atoms with Crippen molar-refractivity contribution < 1.29 is 13.5 Å². The van der Waals surface area contributed by atoms with Gasteiger partial charge < -0.3 is 5.11 Å². The Bertz CT molecular complexity index is 521. The van der Waals surface area contributed by atoms with Crippen LogP contribution in [0.2, 0.25) is 0 Å². The van der Waals surface area contributed by atoms with Crippen molar-refractivity contribution in [2.45, 2.75) is 44.1 Å². The van der Waals surface area contributed by atoms with Gasteiger partial charge in [-0.2, -0.15) is 0 Å². The van der Waals surface area contributed by atoms with Crippen LogP contribution in [0.3, 0.4) is 0 Å². The van der Waals surface area contributed by atoms with Crippen molar-refractivity contribution in [3.8, 4) is 0 Å². The summed E-state index contributed by atoms with van der Waals surface area (Å²) >= 11 is 1.49. The lowest BCUT2D eigenvalue weighted by Gasteiger charge is -2.15. The van der Waals surface area contributed by atoms with E-state index in [0.29, 0.717) is 11.4 Å². The maximum atomic E-state index is 12.1. The fourth-order valence-electron chi connectivity index (χ4n) is 2.42. The second-order valence-electron chi connectivity index (χ2n) is 4.89. The smallest absolute Gasteiger partial charge is 0.241 e. The minimum absolute atomic E-state index is 0.0554. The summed E-state index contributed by atoms with van der Waals surface area (Å²) in [5, 5.41) is 9.68. The van der Waals surface area contributed by atoms with Crippen molar-refractivity contribution in [3.63, 3.8) is 0 Å². The molecule has 6 heteroatoms. The highest BCUT2D eigenvalue weighted by Crippen LogP contribution is 2.27. The van der Waals surface area contributed by atoms with Crippen LogP contribution in [0.25, 0.3) is 0 Å². The first-order valence-electron chi connectivity index (χ1n) is 6.15. The summed E-state index contributed by atoms with van der Waals surface area (Å²) in [5.74, 6) is 0.0554. The van der Waals surface area contributed by atoms with E-state index in [1.165, 1.54) is 11.3 Å². The van der Waals surface area contributed by atoms with Gasteiger partial charge in [-0.3, -0.25) is 0 Å². The number of nitrogens with one attached hydrogen (secondary N) is 1. The lowest BCUT2D eigenvalue weighted by molar-refractivity contribution is 0.134. The summed E-state index contributed by atoms with van der Waals surface area (Å²) in [6, 6.07) is 1.70. The van der Waals surface area contributed by atoms with Crippen molar-refractivity contribution in [2.24, 2.45) is 5.92 Å². The Morgan fingerprint density at radius 3 is 2.67 bits per heavy atom. The molecule has 0 amide bonds. The molecule has 2 atom stereocenters. The average molecular weight is 289 g/mol. The zero-order chi connectivity index (χ0) is 13.3. The normalized spacial score (nSPS) is 24.6. The number of thiophene rings is 1. The number of aryl methyl sites for hydroxylation is 2. The molecular formula is C12H19NO3S2. The van der Waals surface area contributed by atoms with Crippen molar-refractivity contribution in [1.29, 1.82) is 0 Å². The van der Waals surface area contributed by atoms with Crippen LogP contribution >= 0.6 is 11.3 Å². The van der Waals surface area contributed by atoms with Gasteiger partial charge in [-0.05, 0) is 38.7 Å². The molecule has 0 spiro atoms. The molecule has 0 radical (unpaired) electrons. The van der Waals surface area contributed by atoms with Crippen LogP contribution in [0.4, 0.5) is 0 Å². The summed E-state index contributed by atoms with van der Waals surface area (Å²) in [4.78, 5) is 2.18. The van der Waals surface area contributed by atoms with Crippen LogP contribution in [-0.2, 0) is 10.0 Å². The molecule has 1 heterocycles. The van der Waals surface area contributed by atoms with Crippen LogP contribution in [-0.4, -0.2) is 26.2 Å². The first kappa shape index (κ1) is 14.0. The molecule has 2 N–H and O–H groups in total. The zero-order valence-corrected chi connectivity index (χ0v) is 12.3. The van der Waals surface area contributed by atoms with Crippen LogP contribution < -0.4 is 4.72 Å². The Balaban J connectivity index is 2.06. The highest BCUT2D eigenvalue weighted by Gasteiger charge is 2.27. The van der Waals surface area contributed by atoms with E-state index >= 15 is 0 Å². The van der Waals surface area contributed by atoms with Gasteiger partial charge >= 0.3 is 0 Å². The fourth-order valence-corrected chi connectivity index (χ4v) is 5.07. The molecule has 1 aromatic heterocycles. The van der Waals surface area contributed by atoms with Gasteiger partial charge in [-0.15, -0.1) is 11.3 Å². The van der Waals surface area contributed by atoms with Gasteiger partial charge in [0.05, 0.1) is 11.0 Å². The molecule has 102 valence electrons. The molecule has 0 aromatic carbocycles. The topological polar surface area (TPSA) is 66.4 Å². The third-order valence-corrected chi connectivity index (χ3v) is 6.08. The summed E-state index contributed by atoms with van der Waals surface area (Å²) in [7, 11) is -3.43. The van der Waals surface area contributed by atoms with Gasteiger partial charge in [0, 0.05) is 16.3 Å². The third-order valence-electron chi connectivity index (χ3n) is 3.44. The van der Waals surface area contributed by atoms with E-state index in [1.807, 2.05) is 13.8 Å². The fraction of sp³-hybridized carbons (Fsp3) is 0.667. The second kappa shape index (κ2) is 5.28. The Labute approximate surface area is 112 Å². The predicted molar refractivity (Wildman–Crippen MR) is 72.3 cm³/mol. The molecule has 4 nitrogen and oxygen atoms in total. The first-order chi connectivity index (χ1) is 8.40. The van der Waals surface area contributed by atoms with Crippen molar-refractivity contribution >= 4 is 21.4 Å². The summed E-state index contributed by atoms with van der Waals surface area (Å²) in [6.45, 7) is 4.05. The minimum atomic E-state index is -3.43. The van der Waals surface area contributed by atoms with Crippen LogP contribution in [0.5, 0.6) is 0 Å². The number of sulfonamides is 1. The quantitative estimate of drug-likeness (QED) is 0.888. The van der Waals surface area contributed by atoms with E-state index in [1.54, 1.807) is 6.07 Å². The van der Waals surface area contributed by atoms with E-state index < -0.39 is 10.0 Å². The second-order valence-corrected chi connectivity index (χ2v) is 8.08. The standard InChI is InChI=1S/C12H19NO3S2/c1-8-6-12(9(2)17-8)18(15,16)13-7-10-4-3-5-11(10)14/h6,10-11,13-14H,3-5,7H2,1-2H3. The van der Waals surface area contributed by atoms with Crippen molar-refractivity contribution in [1.82, 2.24) is 4.72 Å². The molecule has 1 saturated carbocycles. The van der Waals surface area contributed by atoms with Gasteiger partial charge in [0.25, 0.3) is 0 Å². The molecule has 0 bridgehead atoms. The molecule has 0 saturated heterocycles. The lowest BCUT2D eigenvalue weighted by atomic mass is 10.1. The largest absolute Gasteiger partial charge is 0.393 e. The predicted octanol–water partition coefficient (Wildman–Crippen LogP) is 1.80. The number of hydrogen-bond donors (Lipinski definition) is 2. The summed E-state index contributed by atoms with van der Waals surface area (Å²) < 4.78 is 26.9. The molecule has 1 aromatic rings. The van der Waals surface area contributed by atoms with Gasteiger partial charge in [0.15, 0.2) is 0 Å². The van der Waals surface area contributed by atoms with E-state index in [9.17, 15) is 13.5 Å². The van der Waals surface area contributed by atoms with Crippen LogP contribution in [0.1, 0.15) is 29.0 Å². The molecule has 1 aliphatic rings. The van der Waals surface area contributed by atoms with Crippen LogP contribution in [0, 0.1) is 19.8 Å².